The quantitative estimate of drug-likeness (QED) is 0.411. The van der Waals surface area contributed by atoms with Crippen molar-refractivity contribution < 1.29 is 9.47 Å². The Labute approximate surface area is 191 Å². The van der Waals surface area contributed by atoms with E-state index in [1.165, 1.54) is 11.6 Å². The maximum atomic E-state index is 13.0. The van der Waals surface area contributed by atoms with Gasteiger partial charge in [0.25, 0.3) is 5.56 Å². The zero-order chi connectivity index (χ0) is 22.9. The van der Waals surface area contributed by atoms with Crippen LogP contribution in [0, 0.1) is 0 Å². The van der Waals surface area contributed by atoms with E-state index < -0.39 is 11.2 Å². The smallest absolute Gasteiger partial charge is 0.332 e. The van der Waals surface area contributed by atoms with Crippen molar-refractivity contribution in [2.24, 2.45) is 14.1 Å². The van der Waals surface area contributed by atoms with Crippen molar-refractivity contribution in [2.75, 3.05) is 6.79 Å². The van der Waals surface area contributed by atoms with Gasteiger partial charge in [-0.25, -0.2) is 4.79 Å². The summed E-state index contributed by atoms with van der Waals surface area (Å²) in [6.45, 7) is 0.661. The molecule has 0 fully saturated rings. The lowest BCUT2D eigenvalue weighted by atomic mass is 10.1. The minimum Gasteiger partial charge on any atom is -0.454 e. The van der Waals surface area contributed by atoms with E-state index in [1.807, 2.05) is 53.2 Å². The van der Waals surface area contributed by atoms with E-state index in [0.29, 0.717) is 40.0 Å². The molecule has 4 heterocycles. The fourth-order valence-corrected chi connectivity index (χ4v) is 4.37. The highest BCUT2D eigenvalue weighted by Gasteiger charge is 2.22. The minimum atomic E-state index is -0.423. The number of nitrogens with zero attached hydrogens (tertiary/aromatic N) is 5. The van der Waals surface area contributed by atoms with E-state index in [-0.39, 0.29) is 6.79 Å². The molecule has 6 rings (SSSR count). The Morgan fingerprint density at radius 1 is 1.00 bits per heavy atom. The standard InChI is InChI=1S/C23H18ClN5O4/c1-26-20-19(21(30)27(2)23(26)31)29-11-16(14-4-6-15(24)7-5-14)28(22(29)25-20)10-13-3-8-17-18(9-13)33-12-32-17/h3-9,11H,10,12H2,1-2H3. The zero-order valence-corrected chi connectivity index (χ0v) is 18.5. The van der Waals surface area contributed by atoms with Gasteiger partial charge in [-0.3, -0.25) is 18.3 Å². The summed E-state index contributed by atoms with van der Waals surface area (Å²) in [7, 11) is 3.08. The van der Waals surface area contributed by atoms with E-state index in [4.69, 9.17) is 26.1 Å². The van der Waals surface area contributed by atoms with Crippen LogP contribution >= 0.6 is 11.6 Å². The van der Waals surface area contributed by atoms with Gasteiger partial charge in [0, 0.05) is 25.3 Å². The first-order valence-electron chi connectivity index (χ1n) is 10.2. The van der Waals surface area contributed by atoms with Crippen LogP contribution in [0.5, 0.6) is 11.5 Å². The summed E-state index contributed by atoms with van der Waals surface area (Å²) in [4.78, 5) is 30.1. The Balaban J connectivity index is 1.63. The van der Waals surface area contributed by atoms with Gasteiger partial charge in [0.1, 0.15) is 0 Å². The van der Waals surface area contributed by atoms with Gasteiger partial charge in [0.05, 0.1) is 12.2 Å². The zero-order valence-electron chi connectivity index (χ0n) is 17.8. The molecular formula is C23H18ClN5O4. The molecular weight excluding hydrogens is 446 g/mol. The number of hydrogen-bond donors (Lipinski definition) is 0. The first-order chi connectivity index (χ1) is 15.9. The highest BCUT2D eigenvalue weighted by atomic mass is 35.5. The number of hydrogen-bond acceptors (Lipinski definition) is 5. The highest BCUT2D eigenvalue weighted by Crippen LogP contribution is 2.34. The second-order valence-corrected chi connectivity index (χ2v) is 8.39. The number of fused-ring (bicyclic) bond motifs is 4. The summed E-state index contributed by atoms with van der Waals surface area (Å²) in [6, 6.07) is 13.3. The maximum absolute atomic E-state index is 13.0. The summed E-state index contributed by atoms with van der Waals surface area (Å²) in [5.74, 6) is 1.94. The molecule has 0 unspecified atom stereocenters. The SMILES string of the molecule is Cn1c(=O)c2c(nc3n(Cc4ccc5c(c4)OCO5)c(-c4ccc(Cl)cc4)cn23)n(C)c1=O. The third-order valence-corrected chi connectivity index (χ3v) is 6.23. The lowest BCUT2D eigenvalue weighted by molar-refractivity contribution is 0.174. The molecule has 0 spiro atoms. The molecule has 166 valence electrons. The number of aryl methyl sites for hydroxylation is 1. The van der Waals surface area contributed by atoms with Crippen LogP contribution in [0.4, 0.5) is 0 Å². The molecule has 0 saturated carbocycles. The molecule has 0 bridgehead atoms. The summed E-state index contributed by atoms with van der Waals surface area (Å²) in [6.07, 6.45) is 1.87. The summed E-state index contributed by atoms with van der Waals surface area (Å²) in [5, 5.41) is 0.631. The average molecular weight is 464 g/mol. The Morgan fingerprint density at radius 3 is 2.55 bits per heavy atom. The molecule has 0 N–H and O–H groups in total. The van der Waals surface area contributed by atoms with Crippen molar-refractivity contribution in [3.05, 3.63) is 80.1 Å². The molecule has 3 aromatic heterocycles. The van der Waals surface area contributed by atoms with Crippen molar-refractivity contribution in [3.63, 3.8) is 0 Å². The normalized spacial score (nSPS) is 12.8. The van der Waals surface area contributed by atoms with Gasteiger partial charge in [0.15, 0.2) is 22.7 Å². The van der Waals surface area contributed by atoms with Crippen LogP contribution in [0.25, 0.3) is 28.2 Å². The largest absolute Gasteiger partial charge is 0.454 e. The highest BCUT2D eigenvalue weighted by molar-refractivity contribution is 6.30. The van der Waals surface area contributed by atoms with Crippen LogP contribution in [0.2, 0.25) is 5.02 Å². The van der Waals surface area contributed by atoms with E-state index in [1.54, 1.807) is 11.4 Å². The first kappa shape index (κ1) is 19.7. The number of benzene rings is 2. The van der Waals surface area contributed by atoms with Gasteiger partial charge in [-0.15, -0.1) is 0 Å². The topological polar surface area (TPSA) is 84.7 Å². The molecule has 2 aromatic carbocycles. The Hall–Kier alpha value is -3.98. The van der Waals surface area contributed by atoms with Crippen molar-refractivity contribution in [1.82, 2.24) is 23.1 Å². The van der Waals surface area contributed by atoms with Gasteiger partial charge in [-0.05, 0) is 35.4 Å². The Bertz CT molecular complexity index is 1690. The van der Waals surface area contributed by atoms with Gasteiger partial charge >= 0.3 is 5.69 Å². The van der Waals surface area contributed by atoms with Crippen LogP contribution in [0.15, 0.2) is 58.3 Å². The second kappa shape index (κ2) is 7.01. The molecule has 1 aliphatic heterocycles. The van der Waals surface area contributed by atoms with Gasteiger partial charge in [0.2, 0.25) is 12.6 Å². The summed E-state index contributed by atoms with van der Waals surface area (Å²) >= 11 is 6.10. The molecule has 5 aromatic rings. The van der Waals surface area contributed by atoms with Crippen LogP contribution in [-0.2, 0) is 20.6 Å². The maximum Gasteiger partial charge on any atom is 0.332 e. The monoisotopic (exact) mass is 463 g/mol. The lowest BCUT2D eigenvalue weighted by Gasteiger charge is -2.10. The number of halogens is 1. The van der Waals surface area contributed by atoms with Crippen molar-refractivity contribution >= 4 is 28.5 Å². The molecule has 0 amide bonds. The average Bonchev–Trinajstić information content (AvgIpc) is 3.51. The van der Waals surface area contributed by atoms with Crippen LogP contribution in [0.1, 0.15) is 5.56 Å². The molecule has 1 aliphatic rings. The second-order valence-electron chi connectivity index (χ2n) is 7.95. The van der Waals surface area contributed by atoms with E-state index in [2.05, 4.69) is 0 Å². The van der Waals surface area contributed by atoms with Crippen LogP contribution < -0.4 is 20.7 Å². The van der Waals surface area contributed by atoms with Gasteiger partial charge in [-0.1, -0.05) is 29.8 Å². The van der Waals surface area contributed by atoms with Gasteiger partial charge < -0.3 is 14.0 Å². The molecule has 33 heavy (non-hydrogen) atoms. The fourth-order valence-electron chi connectivity index (χ4n) is 4.24. The molecule has 0 saturated heterocycles. The number of rotatable bonds is 3. The van der Waals surface area contributed by atoms with E-state index in [0.717, 1.165) is 21.4 Å². The molecule has 0 radical (unpaired) electrons. The van der Waals surface area contributed by atoms with Crippen molar-refractivity contribution in [3.8, 4) is 22.8 Å². The van der Waals surface area contributed by atoms with E-state index >= 15 is 0 Å². The third kappa shape index (κ3) is 2.89. The predicted octanol–water partition coefficient (Wildman–Crippen LogP) is 2.78. The van der Waals surface area contributed by atoms with Crippen LogP contribution in [-0.4, -0.2) is 29.9 Å². The summed E-state index contributed by atoms with van der Waals surface area (Å²) in [5.41, 5.74) is 2.60. The van der Waals surface area contributed by atoms with Gasteiger partial charge in [-0.2, -0.15) is 4.98 Å². The number of aromatic nitrogens is 5. The van der Waals surface area contributed by atoms with Crippen LogP contribution in [0.3, 0.4) is 0 Å². The third-order valence-electron chi connectivity index (χ3n) is 5.97. The molecule has 0 aliphatic carbocycles. The minimum absolute atomic E-state index is 0.200. The van der Waals surface area contributed by atoms with Crippen molar-refractivity contribution in [2.45, 2.75) is 6.54 Å². The predicted molar refractivity (Wildman–Crippen MR) is 123 cm³/mol. The molecule has 0 atom stereocenters. The molecule has 9 nitrogen and oxygen atoms in total. The summed E-state index contributed by atoms with van der Waals surface area (Å²) < 4.78 is 17.2. The Morgan fingerprint density at radius 2 is 1.76 bits per heavy atom. The van der Waals surface area contributed by atoms with E-state index in [9.17, 15) is 9.59 Å². The van der Waals surface area contributed by atoms with Crippen molar-refractivity contribution in [1.29, 1.82) is 0 Å². The molecule has 10 heteroatoms. The number of imidazole rings is 2. The first-order valence-corrected chi connectivity index (χ1v) is 10.6. The lowest BCUT2D eigenvalue weighted by Crippen LogP contribution is -2.37. The number of ether oxygens (including phenoxy) is 2. The fraction of sp³-hybridized carbons (Fsp3) is 0.174. The Kier molecular flexibility index (Phi) is 4.18.